The highest BCUT2D eigenvalue weighted by Crippen LogP contribution is 2.10. The topological polar surface area (TPSA) is 80.0 Å². The first kappa shape index (κ1) is 11.3. The van der Waals surface area contributed by atoms with E-state index in [2.05, 4.69) is 15.4 Å². The molecule has 2 aromatic heterocycles. The SMILES string of the molecule is CNC(=O)c1ccn(-c2ncccc2CO)n1. The maximum Gasteiger partial charge on any atom is 0.271 e. The fraction of sp³-hybridized carbons (Fsp3) is 0.182. The van der Waals surface area contributed by atoms with E-state index in [0.717, 1.165) is 0 Å². The highest BCUT2D eigenvalue weighted by molar-refractivity contribution is 5.91. The van der Waals surface area contributed by atoms with Gasteiger partial charge in [0.1, 0.15) is 0 Å². The van der Waals surface area contributed by atoms with Crippen LogP contribution in [0.25, 0.3) is 5.82 Å². The van der Waals surface area contributed by atoms with Crippen LogP contribution < -0.4 is 5.32 Å². The molecule has 0 spiro atoms. The summed E-state index contributed by atoms with van der Waals surface area (Å²) in [6.45, 7) is -0.127. The van der Waals surface area contributed by atoms with Crippen LogP contribution in [0.15, 0.2) is 30.6 Å². The zero-order chi connectivity index (χ0) is 12.3. The summed E-state index contributed by atoms with van der Waals surface area (Å²) in [4.78, 5) is 15.5. The average molecular weight is 232 g/mol. The first-order valence-electron chi connectivity index (χ1n) is 5.09. The zero-order valence-electron chi connectivity index (χ0n) is 9.29. The van der Waals surface area contributed by atoms with Crippen LogP contribution in [-0.4, -0.2) is 32.8 Å². The summed E-state index contributed by atoms with van der Waals surface area (Å²) in [6.07, 6.45) is 3.24. The van der Waals surface area contributed by atoms with E-state index in [4.69, 9.17) is 0 Å². The van der Waals surface area contributed by atoms with Gasteiger partial charge in [-0.05, 0) is 12.1 Å². The number of carbonyl (C=O) groups is 1. The number of aromatic nitrogens is 3. The molecule has 0 saturated carbocycles. The Bertz CT molecular complexity index is 536. The van der Waals surface area contributed by atoms with E-state index in [1.165, 1.54) is 4.68 Å². The number of hydrogen-bond acceptors (Lipinski definition) is 4. The molecule has 0 saturated heterocycles. The summed E-state index contributed by atoms with van der Waals surface area (Å²) in [5.41, 5.74) is 0.959. The largest absolute Gasteiger partial charge is 0.392 e. The Balaban J connectivity index is 2.40. The van der Waals surface area contributed by atoms with Crippen LogP contribution in [0, 0.1) is 0 Å². The molecular formula is C11H12N4O2. The highest BCUT2D eigenvalue weighted by Gasteiger charge is 2.10. The maximum absolute atomic E-state index is 11.4. The van der Waals surface area contributed by atoms with Gasteiger partial charge in [-0.15, -0.1) is 0 Å². The van der Waals surface area contributed by atoms with Crippen molar-refractivity contribution in [2.45, 2.75) is 6.61 Å². The van der Waals surface area contributed by atoms with Gasteiger partial charge in [0.25, 0.3) is 5.91 Å². The number of rotatable bonds is 3. The lowest BCUT2D eigenvalue weighted by Gasteiger charge is -2.04. The van der Waals surface area contributed by atoms with Crippen molar-refractivity contribution < 1.29 is 9.90 Å². The predicted octanol–water partition coefficient (Wildman–Crippen LogP) is 0.119. The predicted molar refractivity (Wildman–Crippen MR) is 60.7 cm³/mol. The smallest absolute Gasteiger partial charge is 0.271 e. The van der Waals surface area contributed by atoms with Gasteiger partial charge in [-0.2, -0.15) is 5.10 Å². The van der Waals surface area contributed by atoms with Crippen molar-refractivity contribution in [1.82, 2.24) is 20.1 Å². The Labute approximate surface area is 97.9 Å². The quantitative estimate of drug-likeness (QED) is 0.787. The lowest BCUT2D eigenvalue weighted by Crippen LogP contribution is -2.18. The normalized spacial score (nSPS) is 10.2. The molecule has 2 aromatic rings. The third-order valence-electron chi connectivity index (χ3n) is 2.30. The molecule has 2 heterocycles. The molecule has 0 aliphatic heterocycles. The van der Waals surface area contributed by atoms with Crippen LogP contribution in [0.4, 0.5) is 0 Å². The number of hydrogen-bond donors (Lipinski definition) is 2. The molecule has 6 nitrogen and oxygen atoms in total. The van der Waals surface area contributed by atoms with E-state index in [1.807, 2.05) is 0 Å². The minimum atomic E-state index is -0.259. The molecule has 1 amide bonds. The molecule has 17 heavy (non-hydrogen) atoms. The van der Waals surface area contributed by atoms with Crippen LogP contribution in [0.5, 0.6) is 0 Å². The molecule has 0 unspecified atom stereocenters. The van der Waals surface area contributed by atoms with Crippen molar-refractivity contribution in [2.24, 2.45) is 0 Å². The van der Waals surface area contributed by atoms with E-state index < -0.39 is 0 Å². The van der Waals surface area contributed by atoms with Gasteiger partial charge in [-0.3, -0.25) is 4.79 Å². The lowest BCUT2D eigenvalue weighted by molar-refractivity contribution is 0.0957. The van der Waals surface area contributed by atoms with E-state index in [-0.39, 0.29) is 12.5 Å². The van der Waals surface area contributed by atoms with Gasteiger partial charge < -0.3 is 10.4 Å². The van der Waals surface area contributed by atoms with Crippen molar-refractivity contribution in [3.8, 4) is 5.82 Å². The summed E-state index contributed by atoms with van der Waals surface area (Å²) in [5, 5.41) is 15.8. The molecular weight excluding hydrogens is 220 g/mol. The van der Waals surface area contributed by atoms with E-state index in [1.54, 1.807) is 37.6 Å². The van der Waals surface area contributed by atoms with Gasteiger partial charge >= 0.3 is 0 Å². The molecule has 6 heteroatoms. The molecule has 0 aromatic carbocycles. The maximum atomic E-state index is 11.4. The van der Waals surface area contributed by atoms with Gasteiger partial charge in [0, 0.05) is 25.0 Å². The second-order valence-electron chi connectivity index (χ2n) is 3.37. The molecule has 0 atom stereocenters. The van der Waals surface area contributed by atoms with Crippen LogP contribution in [-0.2, 0) is 6.61 Å². The zero-order valence-corrected chi connectivity index (χ0v) is 9.29. The van der Waals surface area contributed by atoms with E-state index in [9.17, 15) is 9.90 Å². The van der Waals surface area contributed by atoms with Gasteiger partial charge in [-0.25, -0.2) is 9.67 Å². The highest BCUT2D eigenvalue weighted by atomic mass is 16.3. The van der Waals surface area contributed by atoms with Gasteiger partial charge in [0.05, 0.1) is 6.61 Å². The monoisotopic (exact) mass is 232 g/mol. The molecule has 2 N–H and O–H groups in total. The summed E-state index contributed by atoms with van der Waals surface area (Å²) in [5.74, 6) is 0.260. The van der Waals surface area contributed by atoms with Crippen molar-refractivity contribution in [2.75, 3.05) is 7.05 Å². The van der Waals surface area contributed by atoms with E-state index >= 15 is 0 Å². The van der Waals surface area contributed by atoms with Crippen molar-refractivity contribution >= 4 is 5.91 Å². The summed E-state index contributed by atoms with van der Waals surface area (Å²) in [7, 11) is 1.54. The van der Waals surface area contributed by atoms with Crippen molar-refractivity contribution in [3.63, 3.8) is 0 Å². The molecule has 0 aliphatic rings. The average Bonchev–Trinajstić information content (AvgIpc) is 2.87. The minimum Gasteiger partial charge on any atom is -0.392 e. The first-order chi connectivity index (χ1) is 8.26. The second-order valence-corrected chi connectivity index (χ2v) is 3.37. The Kier molecular flexibility index (Phi) is 3.15. The number of nitrogens with zero attached hydrogens (tertiary/aromatic N) is 3. The van der Waals surface area contributed by atoms with Crippen molar-refractivity contribution in [1.29, 1.82) is 0 Å². The van der Waals surface area contributed by atoms with Crippen molar-refractivity contribution in [3.05, 3.63) is 41.9 Å². The molecule has 0 fully saturated rings. The lowest BCUT2D eigenvalue weighted by atomic mass is 10.3. The minimum absolute atomic E-state index is 0.127. The van der Waals surface area contributed by atoms with Crippen LogP contribution in [0.2, 0.25) is 0 Å². The third-order valence-corrected chi connectivity index (χ3v) is 2.30. The Morgan fingerprint density at radius 2 is 2.35 bits per heavy atom. The van der Waals surface area contributed by atoms with Crippen LogP contribution in [0.3, 0.4) is 0 Å². The Morgan fingerprint density at radius 3 is 3.06 bits per heavy atom. The molecule has 2 rings (SSSR count). The standard InChI is InChI=1S/C11H12N4O2/c1-12-11(17)9-4-6-15(14-9)10-8(7-16)3-2-5-13-10/h2-6,16H,7H2,1H3,(H,12,17). The summed E-state index contributed by atoms with van der Waals surface area (Å²) >= 11 is 0. The fourth-order valence-corrected chi connectivity index (χ4v) is 1.45. The number of aliphatic hydroxyl groups excluding tert-OH is 1. The molecule has 0 radical (unpaired) electrons. The molecule has 88 valence electrons. The number of pyridine rings is 1. The van der Waals surface area contributed by atoms with Crippen LogP contribution in [0.1, 0.15) is 16.1 Å². The third kappa shape index (κ3) is 2.16. The number of nitrogens with one attached hydrogen (secondary N) is 1. The molecule has 0 aliphatic carbocycles. The van der Waals surface area contributed by atoms with E-state index in [0.29, 0.717) is 17.1 Å². The summed E-state index contributed by atoms with van der Waals surface area (Å²) < 4.78 is 1.47. The number of amides is 1. The van der Waals surface area contributed by atoms with Crippen LogP contribution >= 0.6 is 0 Å². The summed E-state index contributed by atoms with van der Waals surface area (Å²) in [6, 6.07) is 5.08. The number of aliphatic hydroxyl groups is 1. The fourth-order valence-electron chi connectivity index (χ4n) is 1.45. The first-order valence-corrected chi connectivity index (χ1v) is 5.09. The molecule has 0 bridgehead atoms. The second kappa shape index (κ2) is 4.75. The van der Waals surface area contributed by atoms with Gasteiger partial charge in [0.2, 0.25) is 0 Å². The Hall–Kier alpha value is -2.21. The Morgan fingerprint density at radius 1 is 1.53 bits per heavy atom. The van der Waals surface area contributed by atoms with Gasteiger partial charge in [-0.1, -0.05) is 6.07 Å². The van der Waals surface area contributed by atoms with Gasteiger partial charge in [0.15, 0.2) is 11.5 Å². The number of carbonyl (C=O) groups excluding carboxylic acids is 1.